The number of benzene rings is 1. The molecule has 1 heterocycles. The Morgan fingerprint density at radius 3 is 2.45 bits per heavy atom. The van der Waals surface area contributed by atoms with Crippen molar-refractivity contribution in [3.63, 3.8) is 0 Å². The van der Waals surface area contributed by atoms with Crippen molar-refractivity contribution in [3.05, 3.63) is 52.3 Å². The van der Waals surface area contributed by atoms with Crippen LogP contribution in [0.3, 0.4) is 0 Å². The number of aromatic nitrogens is 1. The summed E-state index contributed by atoms with van der Waals surface area (Å²) in [5.41, 5.74) is 1.74. The highest BCUT2D eigenvalue weighted by Crippen LogP contribution is 2.25. The van der Waals surface area contributed by atoms with Crippen molar-refractivity contribution in [2.75, 3.05) is 0 Å². The van der Waals surface area contributed by atoms with Gasteiger partial charge in [0.15, 0.2) is 0 Å². The maximum atomic E-state index is 11.2. The number of aryl methyl sites for hydroxylation is 1. The lowest BCUT2D eigenvalue weighted by atomic mass is 10.1. The molecule has 0 radical (unpaired) electrons. The van der Waals surface area contributed by atoms with E-state index < -0.39 is 10.9 Å². The quantitative estimate of drug-likeness (QED) is 0.670. The molecule has 20 heavy (non-hydrogen) atoms. The van der Waals surface area contributed by atoms with Gasteiger partial charge in [-0.1, -0.05) is 6.92 Å². The first-order chi connectivity index (χ1) is 9.52. The largest absolute Gasteiger partial charge is 0.477 e. The van der Waals surface area contributed by atoms with Crippen LogP contribution in [0, 0.1) is 10.1 Å². The zero-order valence-corrected chi connectivity index (χ0v) is 10.9. The van der Waals surface area contributed by atoms with E-state index >= 15 is 0 Å². The maximum Gasteiger partial charge on any atom is 0.352 e. The minimum Gasteiger partial charge on any atom is -0.477 e. The summed E-state index contributed by atoms with van der Waals surface area (Å²) in [7, 11) is 0. The fraction of sp³-hybridized carbons (Fsp3) is 0.214. The predicted molar refractivity (Wildman–Crippen MR) is 73.8 cm³/mol. The summed E-state index contributed by atoms with van der Waals surface area (Å²) in [6, 6.07) is 7.64. The van der Waals surface area contributed by atoms with Crippen LogP contribution in [-0.2, 0) is 6.54 Å². The summed E-state index contributed by atoms with van der Waals surface area (Å²) in [6.45, 7) is 2.59. The molecule has 1 aromatic heterocycles. The van der Waals surface area contributed by atoms with E-state index in [4.69, 9.17) is 5.11 Å². The van der Waals surface area contributed by atoms with Crippen molar-refractivity contribution >= 4 is 11.7 Å². The molecule has 2 rings (SSSR count). The second-order valence-electron chi connectivity index (χ2n) is 4.42. The molecule has 1 N–H and O–H groups in total. The fourth-order valence-corrected chi connectivity index (χ4v) is 2.05. The van der Waals surface area contributed by atoms with Crippen LogP contribution in [0.2, 0.25) is 0 Å². The van der Waals surface area contributed by atoms with Crippen molar-refractivity contribution in [2.45, 2.75) is 19.9 Å². The van der Waals surface area contributed by atoms with E-state index in [1.165, 1.54) is 12.1 Å². The summed E-state index contributed by atoms with van der Waals surface area (Å²) in [5, 5.41) is 19.8. The second-order valence-corrected chi connectivity index (χ2v) is 4.42. The lowest BCUT2D eigenvalue weighted by molar-refractivity contribution is -0.384. The van der Waals surface area contributed by atoms with Gasteiger partial charge in [-0.2, -0.15) is 0 Å². The smallest absolute Gasteiger partial charge is 0.352 e. The average molecular weight is 274 g/mol. The van der Waals surface area contributed by atoms with Crippen LogP contribution >= 0.6 is 0 Å². The first kappa shape index (κ1) is 13.8. The number of aromatic carboxylic acids is 1. The summed E-state index contributed by atoms with van der Waals surface area (Å²) in [5.74, 6) is -0.980. The third-order valence-electron chi connectivity index (χ3n) is 2.99. The van der Waals surface area contributed by atoms with Gasteiger partial charge in [-0.15, -0.1) is 0 Å². The van der Waals surface area contributed by atoms with Gasteiger partial charge in [-0.05, 0) is 30.2 Å². The molecule has 0 atom stereocenters. The maximum absolute atomic E-state index is 11.2. The number of nitrogens with zero attached hydrogens (tertiary/aromatic N) is 2. The Labute approximate surface area is 115 Å². The third-order valence-corrected chi connectivity index (χ3v) is 2.99. The van der Waals surface area contributed by atoms with E-state index in [-0.39, 0.29) is 11.4 Å². The highest BCUT2D eigenvalue weighted by molar-refractivity contribution is 5.88. The van der Waals surface area contributed by atoms with Crippen molar-refractivity contribution < 1.29 is 14.8 Å². The number of carboxylic acids is 1. The molecular formula is C14H14N2O4. The van der Waals surface area contributed by atoms with Crippen molar-refractivity contribution in [2.24, 2.45) is 0 Å². The molecule has 1 aromatic carbocycles. The first-order valence-corrected chi connectivity index (χ1v) is 6.21. The van der Waals surface area contributed by atoms with Crippen LogP contribution in [0.1, 0.15) is 23.8 Å². The van der Waals surface area contributed by atoms with Gasteiger partial charge in [-0.3, -0.25) is 10.1 Å². The van der Waals surface area contributed by atoms with Gasteiger partial charge in [0.05, 0.1) is 4.92 Å². The molecule has 0 spiro atoms. The van der Waals surface area contributed by atoms with Gasteiger partial charge in [-0.25, -0.2) is 4.79 Å². The molecule has 0 saturated heterocycles. The molecule has 104 valence electrons. The minimum absolute atomic E-state index is 0.0141. The van der Waals surface area contributed by atoms with E-state index in [0.29, 0.717) is 6.54 Å². The minimum atomic E-state index is -0.980. The highest BCUT2D eigenvalue weighted by Gasteiger charge is 2.13. The van der Waals surface area contributed by atoms with E-state index in [1.807, 2.05) is 6.92 Å². The Hall–Kier alpha value is -2.63. The molecule has 2 aromatic rings. The van der Waals surface area contributed by atoms with Crippen molar-refractivity contribution in [3.8, 4) is 11.1 Å². The monoisotopic (exact) mass is 274 g/mol. The molecule has 0 aliphatic carbocycles. The fourth-order valence-electron chi connectivity index (χ4n) is 2.05. The molecular weight excluding hydrogens is 260 g/mol. The SMILES string of the molecule is CCCn1cc(-c2ccc([N+](=O)[O-])cc2)cc1C(=O)O. The topological polar surface area (TPSA) is 85.4 Å². The summed E-state index contributed by atoms with van der Waals surface area (Å²) in [6.07, 6.45) is 2.59. The average Bonchev–Trinajstić information content (AvgIpc) is 2.83. The second kappa shape index (κ2) is 5.56. The number of rotatable bonds is 5. The zero-order valence-electron chi connectivity index (χ0n) is 10.9. The van der Waals surface area contributed by atoms with Gasteiger partial charge in [0.25, 0.3) is 5.69 Å². The Bertz CT molecular complexity index is 644. The molecule has 0 aliphatic rings. The van der Waals surface area contributed by atoms with Crippen LogP contribution in [0.4, 0.5) is 5.69 Å². The number of carboxylic acid groups (broad SMARTS) is 1. The Morgan fingerprint density at radius 2 is 1.95 bits per heavy atom. The number of non-ortho nitro benzene ring substituents is 1. The number of nitro benzene ring substituents is 1. The van der Waals surface area contributed by atoms with Crippen molar-refractivity contribution in [1.82, 2.24) is 4.57 Å². The molecule has 0 bridgehead atoms. The van der Waals surface area contributed by atoms with Gasteiger partial charge in [0.2, 0.25) is 0 Å². The molecule has 0 fully saturated rings. The summed E-state index contributed by atoms with van der Waals surface area (Å²) >= 11 is 0. The van der Waals surface area contributed by atoms with Crippen LogP contribution in [0.25, 0.3) is 11.1 Å². The third kappa shape index (κ3) is 2.69. The van der Waals surface area contributed by atoms with E-state index in [9.17, 15) is 14.9 Å². The van der Waals surface area contributed by atoms with Crippen LogP contribution in [0.5, 0.6) is 0 Å². The summed E-state index contributed by atoms with van der Waals surface area (Å²) < 4.78 is 1.68. The summed E-state index contributed by atoms with van der Waals surface area (Å²) in [4.78, 5) is 21.3. The molecule has 0 aliphatic heterocycles. The van der Waals surface area contributed by atoms with Crippen LogP contribution < -0.4 is 0 Å². The number of hydrogen-bond acceptors (Lipinski definition) is 3. The normalized spacial score (nSPS) is 10.4. The van der Waals surface area contributed by atoms with E-state index in [0.717, 1.165) is 17.5 Å². The van der Waals surface area contributed by atoms with Gasteiger partial charge < -0.3 is 9.67 Å². The zero-order chi connectivity index (χ0) is 14.7. The molecule has 6 heteroatoms. The number of carbonyl (C=O) groups is 1. The molecule has 0 amide bonds. The van der Waals surface area contributed by atoms with E-state index in [1.54, 1.807) is 29.0 Å². The lowest BCUT2D eigenvalue weighted by Crippen LogP contribution is -2.06. The first-order valence-electron chi connectivity index (χ1n) is 6.21. The number of hydrogen-bond donors (Lipinski definition) is 1. The van der Waals surface area contributed by atoms with Crippen molar-refractivity contribution in [1.29, 1.82) is 0 Å². The molecule has 0 saturated carbocycles. The predicted octanol–water partition coefficient (Wildman–Crippen LogP) is 3.17. The standard InChI is InChI=1S/C14H14N2O4/c1-2-7-15-9-11(8-13(15)14(17)18)10-3-5-12(6-4-10)16(19)20/h3-6,8-9H,2,7H2,1H3,(H,17,18). The highest BCUT2D eigenvalue weighted by atomic mass is 16.6. The lowest BCUT2D eigenvalue weighted by Gasteiger charge is -2.02. The Morgan fingerprint density at radius 1 is 1.30 bits per heavy atom. The Kier molecular flexibility index (Phi) is 3.84. The molecule has 6 nitrogen and oxygen atoms in total. The van der Waals surface area contributed by atoms with E-state index in [2.05, 4.69) is 0 Å². The van der Waals surface area contributed by atoms with Crippen LogP contribution in [0.15, 0.2) is 36.5 Å². The number of nitro groups is 1. The van der Waals surface area contributed by atoms with Gasteiger partial charge >= 0.3 is 5.97 Å². The van der Waals surface area contributed by atoms with Gasteiger partial charge in [0.1, 0.15) is 5.69 Å². The molecule has 0 unspecified atom stereocenters. The van der Waals surface area contributed by atoms with Crippen LogP contribution in [-0.4, -0.2) is 20.6 Å². The Balaban J connectivity index is 2.39. The van der Waals surface area contributed by atoms with Gasteiger partial charge in [0, 0.05) is 30.4 Å².